The molecule has 104 valence electrons. The lowest BCUT2D eigenvalue weighted by Crippen LogP contribution is -2.47. The Morgan fingerprint density at radius 3 is 2.79 bits per heavy atom. The molecule has 0 aromatic carbocycles. The van der Waals surface area contributed by atoms with Crippen molar-refractivity contribution in [3.63, 3.8) is 0 Å². The van der Waals surface area contributed by atoms with Crippen molar-refractivity contribution in [1.29, 1.82) is 0 Å². The highest BCUT2D eigenvalue weighted by Crippen LogP contribution is 2.03. The van der Waals surface area contributed by atoms with Gasteiger partial charge in [0.25, 0.3) is 0 Å². The van der Waals surface area contributed by atoms with Crippen LogP contribution in [-0.2, 0) is 11.3 Å². The van der Waals surface area contributed by atoms with E-state index in [-0.39, 0.29) is 5.91 Å². The maximum Gasteiger partial charge on any atom is 0.236 e. The SMILES string of the molecule is Cc1ccc(CN(C)C(=O)CN2CCNCC2)nc1. The van der Waals surface area contributed by atoms with E-state index >= 15 is 0 Å². The van der Waals surface area contributed by atoms with Gasteiger partial charge in [-0.25, -0.2) is 0 Å². The third kappa shape index (κ3) is 4.29. The smallest absolute Gasteiger partial charge is 0.236 e. The predicted molar refractivity (Wildman–Crippen MR) is 74.8 cm³/mol. The Kier molecular flexibility index (Phi) is 4.87. The summed E-state index contributed by atoms with van der Waals surface area (Å²) in [5.41, 5.74) is 2.07. The van der Waals surface area contributed by atoms with Crippen LogP contribution in [0.4, 0.5) is 0 Å². The second kappa shape index (κ2) is 6.63. The van der Waals surface area contributed by atoms with Gasteiger partial charge in [0.15, 0.2) is 0 Å². The lowest BCUT2D eigenvalue weighted by molar-refractivity contribution is -0.131. The molecule has 5 heteroatoms. The largest absolute Gasteiger partial charge is 0.339 e. The number of aromatic nitrogens is 1. The van der Waals surface area contributed by atoms with Crippen molar-refractivity contribution in [3.8, 4) is 0 Å². The van der Waals surface area contributed by atoms with Gasteiger partial charge in [-0.1, -0.05) is 6.07 Å². The predicted octanol–water partition coefficient (Wildman–Crippen LogP) is 0.254. The van der Waals surface area contributed by atoms with E-state index in [2.05, 4.69) is 15.2 Å². The van der Waals surface area contributed by atoms with Crippen molar-refractivity contribution in [2.45, 2.75) is 13.5 Å². The molecule has 0 spiro atoms. The number of hydrogen-bond acceptors (Lipinski definition) is 4. The van der Waals surface area contributed by atoms with Gasteiger partial charge in [-0.2, -0.15) is 0 Å². The zero-order valence-corrected chi connectivity index (χ0v) is 11.7. The van der Waals surface area contributed by atoms with E-state index in [4.69, 9.17) is 0 Å². The van der Waals surface area contributed by atoms with Crippen LogP contribution in [0.25, 0.3) is 0 Å². The van der Waals surface area contributed by atoms with Crippen molar-refractivity contribution in [2.24, 2.45) is 0 Å². The third-order valence-corrected chi connectivity index (χ3v) is 3.37. The van der Waals surface area contributed by atoms with Gasteiger partial charge < -0.3 is 10.2 Å². The molecule has 0 unspecified atom stereocenters. The highest BCUT2D eigenvalue weighted by molar-refractivity contribution is 5.77. The number of aryl methyl sites for hydroxylation is 1. The maximum absolute atomic E-state index is 12.1. The van der Waals surface area contributed by atoms with E-state index in [1.807, 2.05) is 32.3 Å². The molecule has 0 bridgehead atoms. The monoisotopic (exact) mass is 262 g/mol. The Morgan fingerprint density at radius 2 is 2.16 bits per heavy atom. The minimum absolute atomic E-state index is 0.157. The molecule has 2 heterocycles. The Morgan fingerprint density at radius 1 is 1.42 bits per heavy atom. The molecule has 1 aliphatic heterocycles. The van der Waals surface area contributed by atoms with E-state index in [0.717, 1.165) is 37.4 Å². The molecule has 1 fully saturated rings. The van der Waals surface area contributed by atoms with Gasteiger partial charge in [-0.05, 0) is 18.6 Å². The Balaban J connectivity index is 1.83. The van der Waals surface area contributed by atoms with Crippen molar-refractivity contribution in [2.75, 3.05) is 39.8 Å². The van der Waals surface area contributed by atoms with Crippen LogP contribution in [0.2, 0.25) is 0 Å². The summed E-state index contributed by atoms with van der Waals surface area (Å²) in [5.74, 6) is 0.157. The van der Waals surface area contributed by atoms with Crippen LogP contribution in [0.5, 0.6) is 0 Å². The van der Waals surface area contributed by atoms with Gasteiger partial charge in [-0.15, -0.1) is 0 Å². The summed E-state index contributed by atoms with van der Waals surface area (Å²) >= 11 is 0. The molecule has 2 rings (SSSR count). The number of pyridine rings is 1. The van der Waals surface area contributed by atoms with Crippen molar-refractivity contribution in [3.05, 3.63) is 29.6 Å². The van der Waals surface area contributed by atoms with Crippen molar-refractivity contribution < 1.29 is 4.79 Å². The van der Waals surface area contributed by atoms with E-state index in [1.165, 1.54) is 0 Å². The van der Waals surface area contributed by atoms with Crippen LogP contribution in [0.15, 0.2) is 18.3 Å². The van der Waals surface area contributed by atoms with E-state index in [0.29, 0.717) is 13.1 Å². The molecule has 0 aliphatic carbocycles. The van der Waals surface area contributed by atoms with Crippen LogP contribution in [0, 0.1) is 6.92 Å². The minimum atomic E-state index is 0.157. The molecule has 1 saturated heterocycles. The summed E-state index contributed by atoms with van der Waals surface area (Å²) in [6.45, 7) is 6.92. The number of hydrogen-bond donors (Lipinski definition) is 1. The Labute approximate surface area is 114 Å². The summed E-state index contributed by atoms with van der Waals surface area (Å²) in [5, 5.41) is 3.29. The molecule has 0 radical (unpaired) electrons. The number of carbonyl (C=O) groups is 1. The number of nitrogens with zero attached hydrogens (tertiary/aromatic N) is 3. The molecule has 1 N–H and O–H groups in total. The summed E-state index contributed by atoms with van der Waals surface area (Å²) in [6, 6.07) is 4.00. The second-order valence-electron chi connectivity index (χ2n) is 5.10. The summed E-state index contributed by atoms with van der Waals surface area (Å²) < 4.78 is 0. The first-order chi connectivity index (χ1) is 9.15. The quantitative estimate of drug-likeness (QED) is 0.845. The zero-order chi connectivity index (χ0) is 13.7. The van der Waals surface area contributed by atoms with Crippen molar-refractivity contribution in [1.82, 2.24) is 20.1 Å². The van der Waals surface area contributed by atoms with Crippen LogP contribution >= 0.6 is 0 Å². The normalized spacial score (nSPS) is 16.3. The number of amides is 1. The fourth-order valence-corrected chi connectivity index (χ4v) is 2.10. The zero-order valence-electron chi connectivity index (χ0n) is 11.7. The standard InChI is InChI=1S/C14H22N4O/c1-12-3-4-13(16-9-12)10-17(2)14(19)11-18-7-5-15-6-8-18/h3-4,9,15H,5-8,10-11H2,1-2H3. The molecular weight excluding hydrogens is 240 g/mol. The van der Waals surface area contributed by atoms with Crippen LogP contribution in [0.3, 0.4) is 0 Å². The fraction of sp³-hybridized carbons (Fsp3) is 0.571. The molecule has 1 amide bonds. The highest BCUT2D eigenvalue weighted by Gasteiger charge is 2.16. The van der Waals surface area contributed by atoms with E-state index in [9.17, 15) is 4.79 Å². The van der Waals surface area contributed by atoms with Crippen LogP contribution < -0.4 is 5.32 Å². The van der Waals surface area contributed by atoms with Crippen LogP contribution in [0.1, 0.15) is 11.3 Å². The molecule has 1 aromatic heterocycles. The second-order valence-corrected chi connectivity index (χ2v) is 5.10. The molecule has 5 nitrogen and oxygen atoms in total. The van der Waals surface area contributed by atoms with Crippen molar-refractivity contribution >= 4 is 5.91 Å². The fourth-order valence-electron chi connectivity index (χ4n) is 2.10. The number of carbonyl (C=O) groups excluding carboxylic acids is 1. The first-order valence-corrected chi connectivity index (χ1v) is 6.74. The first kappa shape index (κ1) is 14.0. The number of rotatable bonds is 4. The molecular formula is C14H22N4O. The van der Waals surface area contributed by atoms with Gasteiger partial charge in [0.1, 0.15) is 0 Å². The minimum Gasteiger partial charge on any atom is -0.339 e. The Bertz CT molecular complexity index is 412. The molecule has 19 heavy (non-hydrogen) atoms. The first-order valence-electron chi connectivity index (χ1n) is 6.74. The number of likely N-dealkylation sites (N-methyl/N-ethyl adjacent to an activating group) is 1. The lowest BCUT2D eigenvalue weighted by Gasteiger charge is -2.28. The third-order valence-electron chi connectivity index (χ3n) is 3.37. The van der Waals surface area contributed by atoms with Gasteiger partial charge >= 0.3 is 0 Å². The molecule has 1 aliphatic rings. The summed E-state index contributed by atoms with van der Waals surface area (Å²) in [4.78, 5) is 20.4. The summed E-state index contributed by atoms with van der Waals surface area (Å²) in [6.07, 6.45) is 1.84. The number of piperazine rings is 1. The number of nitrogens with one attached hydrogen (secondary N) is 1. The van der Waals surface area contributed by atoms with Crippen LogP contribution in [-0.4, -0.2) is 60.5 Å². The highest BCUT2D eigenvalue weighted by atomic mass is 16.2. The lowest BCUT2D eigenvalue weighted by atomic mass is 10.2. The summed E-state index contributed by atoms with van der Waals surface area (Å²) in [7, 11) is 1.84. The van der Waals surface area contributed by atoms with Gasteiger partial charge in [0, 0.05) is 39.4 Å². The van der Waals surface area contributed by atoms with E-state index in [1.54, 1.807) is 4.90 Å². The Hall–Kier alpha value is -1.46. The average molecular weight is 262 g/mol. The molecule has 1 aromatic rings. The van der Waals surface area contributed by atoms with Gasteiger partial charge in [0.2, 0.25) is 5.91 Å². The van der Waals surface area contributed by atoms with Gasteiger partial charge in [0.05, 0.1) is 18.8 Å². The maximum atomic E-state index is 12.1. The average Bonchev–Trinajstić information content (AvgIpc) is 2.42. The van der Waals surface area contributed by atoms with E-state index < -0.39 is 0 Å². The molecule has 0 saturated carbocycles. The topological polar surface area (TPSA) is 48.5 Å². The molecule has 0 atom stereocenters. The van der Waals surface area contributed by atoms with Gasteiger partial charge in [-0.3, -0.25) is 14.7 Å².